The maximum Gasteiger partial charge on any atom is 0.191 e. The van der Waals surface area contributed by atoms with Gasteiger partial charge < -0.3 is 15.4 Å². The fraction of sp³-hybridized carbons (Fsp3) is 0.708. The van der Waals surface area contributed by atoms with Crippen molar-refractivity contribution < 1.29 is 4.74 Å². The molecule has 2 saturated heterocycles. The van der Waals surface area contributed by atoms with Gasteiger partial charge in [0.05, 0.1) is 6.10 Å². The highest BCUT2D eigenvalue weighted by Gasteiger charge is 2.23. The summed E-state index contributed by atoms with van der Waals surface area (Å²) < 4.78 is 6.13. The summed E-state index contributed by atoms with van der Waals surface area (Å²) in [5.41, 5.74) is 1.40. The zero-order chi connectivity index (χ0) is 21.0. The number of ether oxygens (including phenoxy) is 1. The highest BCUT2D eigenvalue weighted by atomic mass is 127. The molecule has 0 aliphatic carbocycles. The van der Waals surface area contributed by atoms with Gasteiger partial charge in [-0.1, -0.05) is 37.3 Å². The van der Waals surface area contributed by atoms with Crippen molar-refractivity contribution in [1.29, 1.82) is 0 Å². The highest BCUT2D eigenvalue weighted by molar-refractivity contribution is 14.0. The molecule has 0 radical (unpaired) electrons. The summed E-state index contributed by atoms with van der Waals surface area (Å²) >= 11 is 0. The predicted octanol–water partition coefficient (Wildman–Crippen LogP) is 3.33. The SMILES string of the molecule is CCN1CCCC1CNC(=NC)NCCCOC1CCN(Cc2ccccc2)CC1.I. The van der Waals surface area contributed by atoms with Crippen LogP contribution in [-0.4, -0.2) is 80.8 Å². The largest absolute Gasteiger partial charge is 0.378 e. The topological polar surface area (TPSA) is 52.1 Å². The first-order chi connectivity index (χ1) is 14.8. The van der Waals surface area contributed by atoms with Crippen molar-refractivity contribution in [2.24, 2.45) is 4.99 Å². The number of likely N-dealkylation sites (tertiary alicyclic amines) is 2. The molecule has 2 fully saturated rings. The highest BCUT2D eigenvalue weighted by Crippen LogP contribution is 2.17. The number of rotatable bonds is 10. The number of aliphatic imine (C=N–C) groups is 1. The Morgan fingerprint density at radius 2 is 1.87 bits per heavy atom. The van der Waals surface area contributed by atoms with Crippen molar-refractivity contribution >= 4 is 29.9 Å². The molecule has 2 heterocycles. The second-order valence-electron chi connectivity index (χ2n) is 8.49. The minimum atomic E-state index is 0. The van der Waals surface area contributed by atoms with Gasteiger partial charge in [-0.15, -0.1) is 24.0 Å². The van der Waals surface area contributed by atoms with Gasteiger partial charge in [-0.05, 0) is 50.8 Å². The Labute approximate surface area is 206 Å². The van der Waals surface area contributed by atoms with Crippen LogP contribution in [0.1, 0.15) is 44.6 Å². The van der Waals surface area contributed by atoms with Crippen LogP contribution in [0.2, 0.25) is 0 Å². The van der Waals surface area contributed by atoms with Gasteiger partial charge in [0, 0.05) is 52.4 Å². The maximum absolute atomic E-state index is 6.13. The molecule has 2 N–H and O–H groups in total. The van der Waals surface area contributed by atoms with Gasteiger partial charge in [-0.3, -0.25) is 14.8 Å². The lowest BCUT2D eigenvalue weighted by Crippen LogP contribution is -2.45. The normalized spacial score (nSPS) is 21.1. The van der Waals surface area contributed by atoms with E-state index in [0.717, 1.165) is 71.1 Å². The maximum atomic E-state index is 6.13. The number of hydrogen-bond acceptors (Lipinski definition) is 4. The Morgan fingerprint density at radius 1 is 1.10 bits per heavy atom. The molecule has 0 bridgehead atoms. The Kier molecular flexibility index (Phi) is 12.8. The zero-order valence-electron chi connectivity index (χ0n) is 19.4. The van der Waals surface area contributed by atoms with Gasteiger partial charge in [-0.25, -0.2) is 0 Å². The summed E-state index contributed by atoms with van der Waals surface area (Å²) in [5, 5.41) is 6.92. The van der Waals surface area contributed by atoms with E-state index < -0.39 is 0 Å². The Bertz CT molecular complexity index is 622. The van der Waals surface area contributed by atoms with Crippen LogP contribution >= 0.6 is 24.0 Å². The van der Waals surface area contributed by atoms with Crippen LogP contribution in [0.25, 0.3) is 0 Å². The van der Waals surface area contributed by atoms with Crippen LogP contribution in [0.5, 0.6) is 0 Å². The molecule has 0 aromatic heterocycles. The minimum absolute atomic E-state index is 0. The number of halogens is 1. The first kappa shape index (κ1) is 26.4. The number of benzene rings is 1. The molecular formula is C24H42IN5O. The van der Waals surface area contributed by atoms with Gasteiger partial charge >= 0.3 is 0 Å². The second kappa shape index (κ2) is 15.0. The van der Waals surface area contributed by atoms with Crippen LogP contribution in [0.4, 0.5) is 0 Å². The van der Waals surface area contributed by atoms with Gasteiger partial charge in [0.2, 0.25) is 0 Å². The predicted molar refractivity (Wildman–Crippen MR) is 140 cm³/mol. The molecule has 2 aliphatic rings. The quantitative estimate of drug-likeness (QED) is 0.205. The van der Waals surface area contributed by atoms with Crippen LogP contribution in [0.15, 0.2) is 35.3 Å². The second-order valence-corrected chi connectivity index (χ2v) is 8.49. The molecule has 1 atom stereocenters. The monoisotopic (exact) mass is 543 g/mol. The van der Waals surface area contributed by atoms with Crippen molar-refractivity contribution in [3.8, 4) is 0 Å². The van der Waals surface area contributed by atoms with E-state index in [0.29, 0.717) is 12.1 Å². The number of nitrogens with one attached hydrogen (secondary N) is 2. The third-order valence-electron chi connectivity index (χ3n) is 6.38. The van der Waals surface area contributed by atoms with Crippen LogP contribution in [0, 0.1) is 0 Å². The zero-order valence-corrected chi connectivity index (χ0v) is 21.7. The molecule has 1 aromatic carbocycles. The van der Waals surface area contributed by atoms with E-state index in [1.165, 1.54) is 24.9 Å². The molecule has 7 heteroatoms. The number of nitrogens with zero attached hydrogens (tertiary/aromatic N) is 3. The average molecular weight is 544 g/mol. The van der Waals surface area contributed by atoms with Crippen molar-refractivity contribution in [3.63, 3.8) is 0 Å². The fourth-order valence-corrected chi connectivity index (χ4v) is 4.58. The van der Waals surface area contributed by atoms with Gasteiger partial charge in [0.15, 0.2) is 5.96 Å². The number of piperidine rings is 1. The molecule has 3 rings (SSSR count). The molecule has 0 spiro atoms. The molecule has 31 heavy (non-hydrogen) atoms. The molecule has 2 aliphatic heterocycles. The lowest BCUT2D eigenvalue weighted by atomic mass is 10.1. The van der Waals surface area contributed by atoms with E-state index >= 15 is 0 Å². The number of likely N-dealkylation sites (N-methyl/N-ethyl adjacent to an activating group) is 1. The number of hydrogen-bond donors (Lipinski definition) is 2. The van der Waals surface area contributed by atoms with E-state index in [2.05, 4.69) is 62.7 Å². The van der Waals surface area contributed by atoms with E-state index in [1.54, 1.807) is 0 Å². The summed E-state index contributed by atoms with van der Waals surface area (Å²) in [7, 11) is 1.85. The first-order valence-electron chi connectivity index (χ1n) is 11.8. The molecule has 6 nitrogen and oxygen atoms in total. The summed E-state index contributed by atoms with van der Waals surface area (Å²) in [5.74, 6) is 0.909. The smallest absolute Gasteiger partial charge is 0.191 e. The van der Waals surface area contributed by atoms with Gasteiger partial charge in [0.25, 0.3) is 0 Å². The van der Waals surface area contributed by atoms with E-state index in [1.807, 2.05) is 7.05 Å². The Morgan fingerprint density at radius 3 is 2.58 bits per heavy atom. The molecule has 176 valence electrons. The first-order valence-corrected chi connectivity index (χ1v) is 11.8. The Balaban J connectivity index is 0.00000341. The lowest BCUT2D eigenvalue weighted by molar-refractivity contribution is 0.00534. The molecule has 0 saturated carbocycles. The minimum Gasteiger partial charge on any atom is -0.378 e. The third-order valence-corrected chi connectivity index (χ3v) is 6.38. The van der Waals surface area contributed by atoms with Crippen molar-refractivity contribution in [2.75, 3.05) is 52.9 Å². The van der Waals surface area contributed by atoms with E-state index in [-0.39, 0.29) is 24.0 Å². The Hall–Kier alpha value is -0.900. The standard InChI is InChI=1S/C24H41N5O.HI/c1-3-29-15-7-11-22(29)19-27-24(25-2)26-14-8-18-30-23-12-16-28(17-13-23)20-21-9-5-4-6-10-21;/h4-6,9-10,22-23H,3,7-8,11-20H2,1-2H3,(H2,25,26,27);1H. The fourth-order valence-electron chi connectivity index (χ4n) is 4.58. The molecule has 1 aromatic rings. The van der Waals surface area contributed by atoms with Gasteiger partial charge in [0.1, 0.15) is 0 Å². The summed E-state index contributed by atoms with van der Waals surface area (Å²) in [4.78, 5) is 9.45. The molecule has 1 unspecified atom stereocenters. The summed E-state index contributed by atoms with van der Waals surface area (Å²) in [6.45, 7) is 10.6. The third kappa shape index (κ3) is 9.24. The van der Waals surface area contributed by atoms with Crippen molar-refractivity contribution in [1.82, 2.24) is 20.4 Å². The van der Waals surface area contributed by atoms with E-state index in [9.17, 15) is 0 Å². The van der Waals surface area contributed by atoms with Crippen LogP contribution in [-0.2, 0) is 11.3 Å². The summed E-state index contributed by atoms with van der Waals surface area (Å²) in [6.07, 6.45) is 6.30. The van der Waals surface area contributed by atoms with Crippen molar-refractivity contribution in [3.05, 3.63) is 35.9 Å². The van der Waals surface area contributed by atoms with Crippen LogP contribution in [0.3, 0.4) is 0 Å². The van der Waals surface area contributed by atoms with Crippen molar-refractivity contribution in [2.45, 2.75) is 57.7 Å². The van der Waals surface area contributed by atoms with Gasteiger partial charge in [-0.2, -0.15) is 0 Å². The number of guanidine groups is 1. The average Bonchev–Trinajstić information content (AvgIpc) is 3.25. The van der Waals surface area contributed by atoms with E-state index in [4.69, 9.17) is 4.74 Å². The lowest BCUT2D eigenvalue weighted by Gasteiger charge is -2.32. The molecule has 0 amide bonds. The van der Waals surface area contributed by atoms with Crippen LogP contribution < -0.4 is 10.6 Å². The molecular weight excluding hydrogens is 501 g/mol. The summed E-state index contributed by atoms with van der Waals surface area (Å²) in [6, 6.07) is 11.4.